The topological polar surface area (TPSA) is 177 Å². The predicted molar refractivity (Wildman–Crippen MR) is 206 cm³/mol. The number of hydrogen-bond donors (Lipinski definition) is 3. The number of nitrogens with zero attached hydrogens (tertiary/aromatic N) is 8. The highest BCUT2D eigenvalue weighted by Crippen LogP contribution is 2.38. The summed E-state index contributed by atoms with van der Waals surface area (Å²) in [6.45, 7) is 1.56. The van der Waals surface area contributed by atoms with Gasteiger partial charge in [0.1, 0.15) is 11.8 Å². The number of amides is 2. The first-order chi connectivity index (χ1) is 26.2. The highest BCUT2D eigenvalue weighted by Gasteiger charge is 2.42. The number of piperazine rings is 1. The first-order valence-corrected chi connectivity index (χ1v) is 19.0. The number of anilines is 3. The number of hydrogen-bond acceptors (Lipinski definition) is 11. The van der Waals surface area contributed by atoms with Crippen LogP contribution in [0.2, 0.25) is 0 Å². The molecule has 14 nitrogen and oxygen atoms in total. The van der Waals surface area contributed by atoms with E-state index in [-0.39, 0.29) is 35.9 Å². The number of aryl methyl sites for hydroxylation is 3. The lowest BCUT2D eigenvalue weighted by atomic mass is 10.0. The lowest BCUT2D eigenvalue weighted by molar-refractivity contribution is -0.135. The van der Waals surface area contributed by atoms with Gasteiger partial charge in [-0.3, -0.25) is 24.0 Å². The lowest BCUT2D eigenvalue weighted by Crippen LogP contribution is -2.54. The molecule has 6 heterocycles. The van der Waals surface area contributed by atoms with E-state index in [0.29, 0.717) is 23.5 Å². The lowest BCUT2D eigenvalue weighted by Gasteiger charge is -2.42. The van der Waals surface area contributed by atoms with Crippen molar-refractivity contribution in [3.63, 3.8) is 0 Å². The Bertz CT molecular complexity index is 2240. The van der Waals surface area contributed by atoms with Crippen molar-refractivity contribution in [2.75, 3.05) is 28.6 Å². The smallest absolute Gasteiger partial charge is 0.329 e. The molecule has 54 heavy (non-hydrogen) atoms. The summed E-state index contributed by atoms with van der Waals surface area (Å²) in [5.41, 5.74) is 12.0. The summed E-state index contributed by atoms with van der Waals surface area (Å²) in [6, 6.07) is 14.9. The van der Waals surface area contributed by atoms with E-state index in [2.05, 4.69) is 31.4 Å². The molecule has 3 fully saturated rings. The van der Waals surface area contributed by atoms with Crippen LogP contribution in [-0.4, -0.2) is 71.4 Å². The van der Waals surface area contributed by atoms with E-state index in [0.717, 1.165) is 99.1 Å². The van der Waals surface area contributed by atoms with Gasteiger partial charge in [-0.15, -0.1) is 10.2 Å². The number of nitrogens with one attached hydrogen (secondary N) is 1. The van der Waals surface area contributed by atoms with Crippen LogP contribution in [0.4, 0.5) is 17.5 Å². The third kappa shape index (κ3) is 6.88. The van der Waals surface area contributed by atoms with Crippen LogP contribution in [0.3, 0.4) is 0 Å². The number of imide groups is 1. The van der Waals surface area contributed by atoms with Gasteiger partial charge in [0, 0.05) is 56.6 Å². The summed E-state index contributed by atoms with van der Waals surface area (Å²) in [4.78, 5) is 51.5. The van der Waals surface area contributed by atoms with Gasteiger partial charge in [-0.1, -0.05) is 37.5 Å². The Morgan fingerprint density at radius 3 is 2.26 bits per heavy atom. The number of rotatable bonds is 12. The highest BCUT2D eigenvalue weighted by molar-refractivity contribution is 6.00. The fourth-order valence-corrected chi connectivity index (χ4v) is 8.49. The average Bonchev–Trinajstić information content (AvgIpc) is 3.58. The second-order valence-electron chi connectivity index (χ2n) is 14.9. The van der Waals surface area contributed by atoms with E-state index in [1.165, 1.54) is 10.1 Å². The standard InChI is InChI=1S/C40H46N10O4/c1-47-33-19-25(13-16-31(33)50(40(47)54)32-17-18-36(52)44-38(32)53)9-5-3-2-4-6-10-26-21-42-39(43-22-26)49-27-14-15-28(49)24-48(23-27)34-20-30(45-46-37(34)41)29-11-7-8-12-35(29)51/h7-8,11-13,16,19-22,27-28,32,51H,2-6,9-10,14-15,17-18,23-24H2,1H3,(H2,41,46)(H,44,52,53). The van der Waals surface area contributed by atoms with Crippen LogP contribution < -0.4 is 26.5 Å². The summed E-state index contributed by atoms with van der Waals surface area (Å²) in [6.07, 6.45) is 14.0. The molecule has 8 rings (SSSR count). The van der Waals surface area contributed by atoms with E-state index in [4.69, 9.17) is 15.7 Å². The minimum atomic E-state index is -0.670. The van der Waals surface area contributed by atoms with Crippen molar-refractivity contribution in [1.29, 1.82) is 0 Å². The Balaban J connectivity index is 0.796. The molecule has 2 aromatic carbocycles. The van der Waals surface area contributed by atoms with E-state index >= 15 is 0 Å². The number of aromatic nitrogens is 6. The van der Waals surface area contributed by atoms with Gasteiger partial charge in [-0.05, 0) is 86.4 Å². The van der Waals surface area contributed by atoms with Crippen LogP contribution in [0.1, 0.15) is 75.0 Å². The van der Waals surface area contributed by atoms with Crippen molar-refractivity contribution in [2.24, 2.45) is 7.05 Å². The molecule has 0 saturated carbocycles. The van der Waals surface area contributed by atoms with Gasteiger partial charge >= 0.3 is 5.69 Å². The number of unbranched alkanes of at least 4 members (excludes halogenated alkanes) is 4. The van der Waals surface area contributed by atoms with E-state index in [1.54, 1.807) is 23.7 Å². The Hall–Kier alpha value is -5.79. The summed E-state index contributed by atoms with van der Waals surface area (Å²) >= 11 is 0. The highest BCUT2D eigenvalue weighted by atomic mass is 16.3. The number of fused-ring (bicyclic) bond motifs is 3. The van der Waals surface area contributed by atoms with Crippen molar-refractivity contribution in [3.05, 3.63) is 82.5 Å². The van der Waals surface area contributed by atoms with E-state index < -0.39 is 11.9 Å². The minimum absolute atomic E-state index is 0.161. The molecule has 3 aliphatic heterocycles. The summed E-state index contributed by atoms with van der Waals surface area (Å²) in [5, 5.41) is 21.2. The van der Waals surface area contributed by atoms with Crippen molar-refractivity contribution < 1.29 is 14.7 Å². The van der Waals surface area contributed by atoms with Crippen molar-refractivity contribution in [1.82, 2.24) is 34.6 Å². The normalized spacial score (nSPS) is 19.8. The molecule has 2 amide bonds. The zero-order valence-electron chi connectivity index (χ0n) is 30.5. The molecule has 3 atom stereocenters. The van der Waals surface area contributed by atoms with Crippen LogP contribution in [0.25, 0.3) is 22.3 Å². The number of nitrogens with two attached hydrogens (primary N) is 1. The second-order valence-corrected chi connectivity index (χ2v) is 14.9. The van der Waals surface area contributed by atoms with E-state index in [1.807, 2.05) is 42.7 Å². The first kappa shape index (κ1) is 35.3. The van der Waals surface area contributed by atoms with Gasteiger partial charge < -0.3 is 20.6 Å². The molecule has 0 aliphatic carbocycles. The molecule has 3 aromatic heterocycles. The fraction of sp³-hybridized carbons (Fsp3) is 0.425. The number of imidazole rings is 1. The fourth-order valence-electron chi connectivity index (χ4n) is 8.49. The average molecular weight is 731 g/mol. The van der Waals surface area contributed by atoms with Gasteiger partial charge in [-0.25, -0.2) is 14.8 Å². The molecule has 5 aromatic rings. The molecule has 14 heteroatoms. The Labute approximate surface area is 313 Å². The van der Waals surface area contributed by atoms with Crippen LogP contribution in [0.5, 0.6) is 5.75 Å². The largest absolute Gasteiger partial charge is 0.507 e. The minimum Gasteiger partial charge on any atom is -0.507 e. The third-order valence-electron chi connectivity index (χ3n) is 11.3. The second kappa shape index (κ2) is 14.9. The molecular weight excluding hydrogens is 685 g/mol. The maximum Gasteiger partial charge on any atom is 0.329 e. The zero-order chi connectivity index (χ0) is 37.3. The number of piperidine rings is 1. The third-order valence-corrected chi connectivity index (χ3v) is 11.3. The molecular formula is C40H46N10O4. The molecule has 3 aliphatic rings. The summed E-state index contributed by atoms with van der Waals surface area (Å²) in [5.74, 6) is 0.621. The van der Waals surface area contributed by atoms with Crippen LogP contribution in [0.15, 0.2) is 65.7 Å². The number of phenols is 1. The summed E-state index contributed by atoms with van der Waals surface area (Å²) in [7, 11) is 1.73. The number of benzene rings is 2. The van der Waals surface area contributed by atoms with Crippen LogP contribution >= 0.6 is 0 Å². The molecule has 3 saturated heterocycles. The number of nitrogen functional groups attached to an aromatic ring is 1. The molecule has 2 bridgehead atoms. The summed E-state index contributed by atoms with van der Waals surface area (Å²) < 4.78 is 3.12. The van der Waals surface area contributed by atoms with Gasteiger partial charge in [0.15, 0.2) is 5.82 Å². The first-order valence-electron chi connectivity index (χ1n) is 19.0. The Morgan fingerprint density at radius 1 is 0.833 bits per heavy atom. The Morgan fingerprint density at radius 2 is 1.54 bits per heavy atom. The van der Waals surface area contributed by atoms with Crippen molar-refractivity contribution in [3.8, 4) is 17.0 Å². The maximum atomic E-state index is 13.1. The molecule has 0 radical (unpaired) electrons. The molecule has 0 spiro atoms. The van der Waals surface area contributed by atoms with Crippen LogP contribution in [0, 0.1) is 0 Å². The van der Waals surface area contributed by atoms with Crippen molar-refractivity contribution in [2.45, 2.75) is 88.8 Å². The molecule has 3 unspecified atom stereocenters. The molecule has 280 valence electrons. The van der Waals surface area contributed by atoms with E-state index in [9.17, 15) is 19.5 Å². The van der Waals surface area contributed by atoms with Crippen LogP contribution in [-0.2, 0) is 29.5 Å². The quantitative estimate of drug-likeness (QED) is 0.122. The number of carbonyl (C=O) groups excluding carboxylic acids is 2. The predicted octanol–water partition coefficient (Wildman–Crippen LogP) is 4.45. The van der Waals surface area contributed by atoms with Gasteiger partial charge in [0.2, 0.25) is 17.8 Å². The van der Waals surface area contributed by atoms with Gasteiger partial charge in [-0.2, -0.15) is 0 Å². The number of carbonyl (C=O) groups is 2. The number of para-hydroxylation sites is 1. The number of aromatic hydroxyl groups is 1. The monoisotopic (exact) mass is 730 g/mol. The van der Waals surface area contributed by atoms with Gasteiger partial charge in [0.25, 0.3) is 0 Å². The SMILES string of the molecule is Cn1c(=O)n(C2CCC(=O)NC2=O)c2ccc(CCCCCCCc3cnc(N4C5CCC4CN(c4cc(-c6ccccc6O)nnc4N)C5)nc3)cc21. The maximum absolute atomic E-state index is 13.1. The zero-order valence-corrected chi connectivity index (χ0v) is 30.5. The van der Waals surface area contributed by atoms with Gasteiger partial charge in [0.05, 0.1) is 22.4 Å². The molecule has 4 N–H and O–H groups in total. The van der Waals surface area contributed by atoms with Crippen molar-refractivity contribution >= 4 is 40.3 Å². The number of phenolic OH excluding ortho intramolecular Hbond substituents is 1. The Kier molecular flexibility index (Phi) is 9.74.